The summed E-state index contributed by atoms with van der Waals surface area (Å²) in [5.74, 6) is 2.36. The van der Waals surface area contributed by atoms with Crippen molar-refractivity contribution in [2.75, 3.05) is 24.8 Å². The highest BCUT2D eigenvalue weighted by Gasteiger charge is 2.27. The van der Waals surface area contributed by atoms with Crippen LogP contribution < -0.4 is 19.7 Å². The fourth-order valence-electron chi connectivity index (χ4n) is 4.05. The van der Waals surface area contributed by atoms with Crippen LogP contribution >= 0.6 is 0 Å². The van der Waals surface area contributed by atoms with E-state index in [2.05, 4.69) is 20.2 Å². The minimum Gasteiger partial charge on any atom is -0.454 e. The van der Waals surface area contributed by atoms with Gasteiger partial charge in [-0.15, -0.1) is 0 Å². The highest BCUT2D eigenvalue weighted by atomic mass is 19.1. The quantitative estimate of drug-likeness (QED) is 0.662. The number of ether oxygens (including phenoxy) is 2. The predicted octanol–water partition coefficient (Wildman–Crippen LogP) is 3.54. The number of benzene rings is 2. The Bertz CT molecular complexity index is 1120. The molecule has 1 atom stereocenters. The molecule has 1 aromatic heterocycles. The van der Waals surface area contributed by atoms with E-state index in [-0.39, 0.29) is 24.4 Å². The summed E-state index contributed by atoms with van der Waals surface area (Å²) in [4.78, 5) is 23.9. The summed E-state index contributed by atoms with van der Waals surface area (Å²) in [5.41, 5.74) is 1.72. The van der Waals surface area contributed by atoms with Crippen molar-refractivity contribution < 1.29 is 18.7 Å². The molecule has 1 fully saturated rings. The maximum atomic E-state index is 13.2. The second-order valence-electron chi connectivity index (χ2n) is 7.94. The molecule has 2 aliphatic rings. The average Bonchev–Trinajstić information content (AvgIpc) is 3.31. The lowest BCUT2D eigenvalue weighted by atomic mass is 9.97. The van der Waals surface area contributed by atoms with Crippen molar-refractivity contribution in [3.05, 3.63) is 66.1 Å². The molecule has 0 radical (unpaired) electrons. The summed E-state index contributed by atoms with van der Waals surface area (Å²) in [6.45, 7) is 2.09. The number of fused-ring (bicyclic) bond motifs is 1. The Hall–Kier alpha value is -3.68. The van der Waals surface area contributed by atoms with E-state index in [4.69, 9.17) is 9.47 Å². The number of hydrogen-bond donors (Lipinski definition) is 1. The molecular formula is C24H23FN4O3. The zero-order valence-electron chi connectivity index (χ0n) is 17.5. The predicted molar refractivity (Wildman–Crippen MR) is 117 cm³/mol. The topological polar surface area (TPSA) is 76.6 Å². The third-order valence-corrected chi connectivity index (χ3v) is 5.76. The van der Waals surface area contributed by atoms with Crippen molar-refractivity contribution in [3.63, 3.8) is 0 Å². The lowest BCUT2D eigenvalue weighted by molar-refractivity contribution is -0.125. The van der Waals surface area contributed by atoms with Gasteiger partial charge in [0.1, 0.15) is 11.6 Å². The molecule has 5 rings (SSSR count). The highest BCUT2D eigenvalue weighted by Crippen LogP contribution is 2.32. The molecule has 0 spiro atoms. The molecule has 3 aromatic rings. The maximum Gasteiger partial charge on any atom is 0.231 e. The highest BCUT2D eigenvalue weighted by molar-refractivity contribution is 5.79. The molecular weight excluding hydrogens is 411 g/mol. The largest absolute Gasteiger partial charge is 0.454 e. The number of hydrogen-bond acceptors (Lipinski definition) is 6. The number of nitrogens with zero attached hydrogens (tertiary/aromatic N) is 3. The van der Waals surface area contributed by atoms with E-state index in [1.807, 2.05) is 24.3 Å². The van der Waals surface area contributed by atoms with Crippen LogP contribution in [0.2, 0.25) is 0 Å². The number of piperidine rings is 1. The molecule has 7 nitrogen and oxygen atoms in total. The van der Waals surface area contributed by atoms with Crippen molar-refractivity contribution >= 4 is 11.7 Å². The number of aromatic nitrogens is 2. The first-order valence-corrected chi connectivity index (χ1v) is 10.7. The summed E-state index contributed by atoms with van der Waals surface area (Å²) in [6.07, 6.45) is 3.43. The normalized spacial score (nSPS) is 17.3. The molecule has 164 valence electrons. The Labute approximate surface area is 185 Å². The average molecular weight is 434 g/mol. The second kappa shape index (κ2) is 8.82. The fourth-order valence-corrected chi connectivity index (χ4v) is 4.05. The van der Waals surface area contributed by atoms with E-state index < -0.39 is 0 Å². The van der Waals surface area contributed by atoms with Crippen LogP contribution in [0.25, 0.3) is 11.4 Å². The van der Waals surface area contributed by atoms with Gasteiger partial charge in [-0.25, -0.2) is 14.4 Å². The van der Waals surface area contributed by atoms with Gasteiger partial charge in [0.25, 0.3) is 0 Å². The molecule has 32 heavy (non-hydrogen) atoms. The van der Waals surface area contributed by atoms with Crippen LogP contribution in [0.5, 0.6) is 11.5 Å². The van der Waals surface area contributed by atoms with Gasteiger partial charge in [-0.1, -0.05) is 6.07 Å². The van der Waals surface area contributed by atoms with Crippen LogP contribution in [0.3, 0.4) is 0 Å². The molecule has 1 saturated heterocycles. The summed E-state index contributed by atoms with van der Waals surface area (Å²) in [5, 5.41) is 3.04. The lowest BCUT2D eigenvalue weighted by Gasteiger charge is -2.33. The summed E-state index contributed by atoms with van der Waals surface area (Å²) < 4.78 is 24.0. The SMILES string of the molecule is O=C(NCc1ccc2c(c1)OCO2)[C@H]1CCCN(c2ccnc(-c3ccc(F)cc3)n2)C1. The third kappa shape index (κ3) is 4.34. The lowest BCUT2D eigenvalue weighted by Crippen LogP contribution is -2.43. The van der Waals surface area contributed by atoms with Gasteiger partial charge in [-0.05, 0) is 60.9 Å². The molecule has 3 heterocycles. The standard InChI is InChI=1S/C24H23FN4O3/c25-19-6-4-17(5-7-19)23-26-10-9-22(28-23)29-11-1-2-18(14-29)24(30)27-13-16-3-8-20-21(12-16)32-15-31-20/h3-10,12,18H,1-2,11,13-15H2,(H,27,30)/t18-/m0/s1. The van der Waals surface area contributed by atoms with E-state index in [0.29, 0.717) is 24.7 Å². The van der Waals surface area contributed by atoms with Gasteiger partial charge in [-0.3, -0.25) is 4.79 Å². The Morgan fingerprint density at radius 3 is 2.84 bits per heavy atom. The molecule has 0 saturated carbocycles. The Morgan fingerprint density at radius 1 is 1.12 bits per heavy atom. The van der Waals surface area contributed by atoms with Gasteiger partial charge >= 0.3 is 0 Å². The van der Waals surface area contributed by atoms with Crippen molar-refractivity contribution in [2.24, 2.45) is 5.92 Å². The van der Waals surface area contributed by atoms with E-state index >= 15 is 0 Å². The Balaban J connectivity index is 1.23. The van der Waals surface area contributed by atoms with Crippen LogP contribution in [-0.2, 0) is 11.3 Å². The number of halogens is 1. The van der Waals surface area contributed by atoms with Crippen molar-refractivity contribution in [2.45, 2.75) is 19.4 Å². The molecule has 8 heteroatoms. The maximum absolute atomic E-state index is 13.2. The number of anilines is 1. The van der Waals surface area contributed by atoms with E-state index in [1.54, 1.807) is 18.3 Å². The number of nitrogens with one attached hydrogen (secondary N) is 1. The van der Waals surface area contributed by atoms with Crippen LogP contribution in [0.1, 0.15) is 18.4 Å². The van der Waals surface area contributed by atoms with E-state index in [9.17, 15) is 9.18 Å². The first kappa shape index (κ1) is 20.2. The molecule has 0 aliphatic carbocycles. The molecule has 1 amide bonds. The number of carbonyl (C=O) groups is 1. The zero-order chi connectivity index (χ0) is 21.9. The molecule has 2 aliphatic heterocycles. The minimum atomic E-state index is -0.296. The first-order chi connectivity index (χ1) is 15.7. The first-order valence-electron chi connectivity index (χ1n) is 10.7. The molecule has 1 N–H and O–H groups in total. The van der Waals surface area contributed by atoms with E-state index in [0.717, 1.165) is 42.1 Å². The molecule has 2 aromatic carbocycles. The molecule has 0 unspecified atom stereocenters. The van der Waals surface area contributed by atoms with Gasteiger partial charge in [0, 0.05) is 31.4 Å². The van der Waals surface area contributed by atoms with E-state index in [1.165, 1.54) is 12.1 Å². The van der Waals surface area contributed by atoms with Gasteiger partial charge in [-0.2, -0.15) is 0 Å². The van der Waals surface area contributed by atoms with Gasteiger partial charge in [0.2, 0.25) is 12.7 Å². The van der Waals surface area contributed by atoms with Crippen LogP contribution in [0.15, 0.2) is 54.7 Å². The monoisotopic (exact) mass is 434 g/mol. The van der Waals surface area contributed by atoms with Crippen molar-refractivity contribution in [3.8, 4) is 22.9 Å². The summed E-state index contributed by atoms with van der Waals surface area (Å²) in [7, 11) is 0. The summed E-state index contributed by atoms with van der Waals surface area (Å²) in [6, 6.07) is 13.7. The zero-order valence-corrected chi connectivity index (χ0v) is 17.5. The second-order valence-corrected chi connectivity index (χ2v) is 7.94. The van der Waals surface area contributed by atoms with Gasteiger partial charge in [0.15, 0.2) is 17.3 Å². The van der Waals surface area contributed by atoms with Crippen molar-refractivity contribution in [1.29, 1.82) is 0 Å². The fraction of sp³-hybridized carbons (Fsp3) is 0.292. The van der Waals surface area contributed by atoms with Gasteiger partial charge in [0.05, 0.1) is 5.92 Å². The number of amides is 1. The number of carbonyl (C=O) groups excluding carboxylic acids is 1. The Morgan fingerprint density at radius 2 is 1.97 bits per heavy atom. The summed E-state index contributed by atoms with van der Waals surface area (Å²) >= 11 is 0. The minimum absolute atomic E-state index is 0.0279. The van der Waals surface area contributed by atoms with Gasteiger partial charge < -0.3 is 19.7 Å². The van der Waals surface area contributed by atoms with Crippen LogP contribution in [0.4, 0.5) is 10.2 Å². The smallest absolute Gasteiger partial charge is 0.231 e. The van der Waals surface area contributed by atoms with Crippen LogP contribution in [-0.4, -0.2) is 35.8 Å². The third-order valence-electron chi connectivity index (χ3n) is 5.76. The number of rotatable bonds is 5. The van der Waals surface area contributed by atoms with Crippen LogP contribution in [0, 0.1) is 11.7 Å². The molecule has 0 bridgehead atoms. The Kier molecular flexibility index (Phi) is 5.58. The van der Waals surface area contributed by atoms with Crippen molar-refractivity contribution in [1.82, 2.24) is 15.3 Å².